The van der Waals surface area contributed by atoms with Crippen LogP contribution in [0.15, 0.2) is 72.8 Å². The third kappa shape index (κ3) is 4.06. The quantitative estimate of drug-likeness (QED) is 0.402. The van der Waals surface area contributed by atoms with Gasteiger partial charge in [0.15, 0.2) is 0 Å². The summed E-state index contributed by atoms with van der Waals surface area (Å²) in [5.74, 6) is 1.09. The first-order chi connectivity index (χ1) is 17.5. The molecular formula is C29H29N3O4. The average molecular weight is 484 g/mol. The number of nitrogens with zero attached hydrogens (tertiary/aromatic N) is 2. The lowest BCUT2D eigenvalue weighted by Crippen LogP contribution is -2.39. The Bertz CT molecular complexity index is 1420. The SMILES string of the molecule is CCOc1ccccc1CNC(=O)CN1C(=O)c2c(c3ccccc3n2C)[C@H]1c1ccc(OC)cc1. The van der Waals surface area contributed by atoms with Gasteiger partial charge < -0.3 is 24.3 Å². The van der Waals surface area contributed by atoms with E-state index in [-0.39, 0.29) is 24.4 Å². The predicted octanol–water partition coefficient (Wildman–Crippen LogP) is 4.45. The van der Waals surface area contributed by atoms with Crippen molar-refractivity contribution >= 4 is 22.7 Å². The van der Waals surface area contributed by atoms with Gasteiger partial charge in [0.2, 0.25) is 5.91 Å². The van der Waals surface area contributed by atoms with Gasteiger partial charge in [-0.3, -0.25) is 9.59 Å². The molecule has 0 saturated heterocycles. The van der Waals surface area contributed by atoms with Crippen molar-refractivity contribution in [3.05, 3.63) is 95.2 Å². The van der Waals surface area contributed by atoms with E-state index in [0.717, 1.165) is 39.1 Å². The highest BCUT2D eigenvalue weighted by atomic mass is 16.5. The van der Waals surface area contributed by atoms with Crippen LogP contribution in [0.1, 0.15) is 40.1 Å². The molecule has 0 radical (unpaired) electrons. The number of para-hydroxylation sites is 2. The van der Waals surface area contributed by atoms with Crippen LogP contribution in [0.4, 0.5) is 0 Å². The highest BCUT2D eigenvalue weighted by molar-refractivity contribution is 6.07. The summed E-state index contributed by atoms with van der Waals surface area (Å²) in [4.78, 5) is 28.5. The molecule has 0 saturated carbocycles. The maximum Gasteiger partial charge on any atom is 0.272 e. The van der Waals surface area contributed by atoms with Crippen molar-refractivity contribution in [2.24, 2.45) is 7.05 Å². The van der Waals surface area contributed by atoms with Crippen molar-refractivity contribution < 1.29 is 19.1 Å². The van der Waals surface area contributed by atoms with E-state index in [1.54, 1.807) is 12.0 Å². The first kappa shape index (κ1) is 23.5. The first-order valence-corrected chi connectivity index (χ1v) is 12.0. The molecule has 0 spiro atoms. The number of hydrogen-bond acceptors (Lipinski definition) is 4. The van der Waals surface area contributed by atoms with Gasteiger partial charge in [-0.25, -0.2) is 0 Å². The zero-order valence-corrected chi connectivity index (χ0v) is 20.7. The molecule has 1 aliphatic heterocycles. The number of carbonyl (C=O) groups is 2. The van der Waals surface area contributed by atoms with Crippen LogP contribution in [0, 0.1) is 0 Å². The lowest BCUT2D eigenvalue weighted by molar-refractivity contribution is -0.122. The molecule has 0 bridgehead atoms. The van der Waals surface area contributed by atoms with E-state index in [1.165, 1.54) is 0 Å². The Kier molecular flexibility index (Phi) is 6.38. The van der Waals surface area contributed by atoms with Crippen LogP contribution in [0.5, 0.6) is 11.5 Å². The third-order valence-electron chi connectivity index (χ3n) is 6.69. The Labute approximate surface area is 210 Å². The maximum absolute atomic E-state index is 13.7. The molecule has 1 aromatic heterocycles. The molecule has 0 fully saturated rings. The first-order valence-electron chi connectivity index (χ1n) is 12.0. The van der Waals surface area contributed by atoms with E-state index >= 15 is 0 Å². The minimum absolute atomic E-state index is 0.0602. The Morgan fingerprint density at radius 2 is 1.72 bits per heavy atom. The van der Waals surface area contributed by atoms with E-state index in [1.807, 2.05) is 91.3 Å². The smallest absolute Gasteiger partial charge is 0.272 e. The molecule has 36 heavy (non-hydrogen) atoms. The minimum atomic E-state index is -0.383. The minimum Gasteiger partial charge on any atom is -0.497 e. The van der Waals surface area contributed by atoms with E-state index in [4.69, 9.17) is 9.47 Å². The normalized spacial score (nSPS) is 14.7. The highest BCUT2D eigenvalue weighted by Crippen LogP contribution is 2.44. The molecule has 2 amide bonds. The number of methoxy groups -OCH3 is 1. The second-order valence-electron chi connectivity index (χ2n) is 8.76. The predicted molar refractivity (Wildman–Crippen MR) is 138 cm³/mol. The molecule has 4 aromatic rings. The molecule has 2 heterocycles. The van der Waals surface area contributed by atoms with Crippen LogP contribution < -0.4 is 14.8 Å². The van der Waals surface area contributed by atoms with E-state index in [2.05, 4.69) is 5.32 Å². The lowest BCUT2D eigenvalue weighted by Gasteiger charge is -2.26. The summed E-state index contributed by atoms with van der Waals surface area (Å²) in [5, 5.41) is 3.98. The van der Waals surface area contributed by atoms with Gasteiger partial charge >= 0.3 is 0 Å². The largest absolute Gasteiger partial charge is 0.497 e. The Morgan fingerprint density at radius 1 is 1.00 bits per heavy atom. The summed E-state index contributed by atoms with van der Waals surface area (Å²) in [6, 6.07) is 22.9. The molecule has 7 nitrogen and oxygen atoms in total. The monoisotopic (exact) mass is 483 g/mol. The lowest BCUT2D eigenvalue weighted by atomic mass is 9.98. The van der Waals surface area contributed by atoms with Crippen LogP contribution in [0.25, 0.3) is 10.9 Å². The maximum atomic E-state index is 13.7. The molecule has 1 N–H and O–H groups in total. The number of hydrogen-bond donors (Lipinski definition) is 1. The Hall–Kier alpha value is -4.26. The van der Waals surface area contributed by atoms with Gasteiger partial charge in [0.05, 0.1) is 19.8 Å². The van der Waals surface area contributed by atoms with Crippen LogP contribution in [0.3, 0.4) is 0 Å². The molecule has 184 valence electrons. The van der Waals surface area contributed by atoms with E-state index in [9.17, 15) is 9.59 Å². The Morgan fingerprint density at radius 3 is 2.47 bits per heavy atom. The fourth-order valence-electron chi connectivity index (χ4n) is 5.01. The van der Waals surface area contributed by atoms with Gasteiger partial charge in [-0.2, -0.15) is 0 Å². The molecular weight excluding hydrogens is 454 g/mol. The van der Waals surface area contributed by atoms with E-state index in [0.29, 0.717) is 18.8 Å². The van der Waals surface area contributed by atoms with Crippen LogP contribution in [-0.4, -0.2) is 41.5 Å². The van der Waals surface area contributed by atoms with Gasteiger partial charge in [0.1, 0.15) is 23.7 Å². The number of aromatic nitrogens is 1. The Balaban J connectivity index is 1.46. The fraction of sp³-hybridized carbons (Fsp3) is 0.241. The second-order valence-corrected chi connectivity index (χ2v) is 8.76. The summed E-state index contributed by atoms with van der Waals surface area (Å²) in [6.07, 6.45) is 0. The number of ether oxygens (including phenoxy) is 2. The summed E-state index contributed by atoms with van der Waals surface area (Å²) < 4.78 is 12.9. The van der Waals surface area contributed by atoms with E-state index < -0.39 is 0 Å². The topological polar surface area (TPSA) is 72.8 Å². The number of carbonyl (C=O) groups excluding carboxylic acids is 2. The van der Waals surface area contributed by atoms with Crippen molar-refractivity contribution in [2.75, 3.05) is 20.3 Å². The fourth-order valence-corrected chi connectivity index (χ4v) is 5.01. The van der Waals surface area contributed by atoms with Crippen molar-refractivity contribution in [2.45, 2.75) is 19.5 Å². The molecule has 0 aliphatic carbocycles. The summed E-state index contributed by atoms with van der Waals surface area (Å²) in [5.41, 5.74) is 4.35. The van der Waals surface area contributed by atoms with Gasteiger partial charge in [0, 0.05) is 35.6 Å². The van der Waals surface area contributed by atoms with Gasteiger partial charge in [-0.15, -0.1) is 0 Å². The van der Waals surface area contributed by atoms with Crippen LogP contribution >= 0.6 is 0 Å². The molecule has 3 aromatic carbocycles. The van der Waals surface area contributed by atoms with Crippen molar-refractivity contribution in [1.29, 1.82) is 0 Å². The number of benzene rings is 3. The molecule has 1 aliphatic rings. The average Bonchev–Trinajstić information content (AvgIpc) is 3.35. The highest BCUT2D eigenvalue weighted by Gasteiger charge is 2.42. The molecule has 0 unspecified atom stereocenters. The number of nitrogens with one attached hydrogen (secondary N) is 1. The number of aryl methyl sites for hydroxylation is 1. The van der Waals surface area contributed by atoms with Crippen molar-refractivity contribution in [3.63, 3.8) is 0 Å². The summed E-state index contributed by atoms with van der Waals surface area (Å²) in [6.45, 7) is 2.73. The van der Waals surface area contributed by atoms with Crippen molar-refractivity contribution in [3.8, 4) is 11.5 Å². The standard InChI is InChI=1S/C29H29N3O4/c1-4-36-24-12-8-5-9-20(24)17-30-25(33)18-32-27(19-13-15-21(35-3)16-14-19)26-22-10-6-7-11-23(22)31(2)28(26)29(32)34/h5-16,27H,4,17-18H2,1-3H3,(H,30,33)/t27-/m1/s1. The van der Waals surface area contributed by atoms with Gasteiger partial charge in [-0.05, 0) is 36.8 Å². The number of amides is 2. The number of fused-ring (bicyclic) bond motifs is 3. The molecule has 5 rings (SSSR count). The van der Waals surface area contributed by atoms with Crippen LogP contribution in [-0.2, 0) is 18.4 Å². The zero-order valence-electron chi connectivity index (χ0n) is 20.7. The van der Waals surface area contributed by atoms with Crippen molar-refractivity contribution in [1.82, 2.24) is 14.8 Å². The summed E-state index contributed by atoms with van der Waals surface area (Å²) in [7, 11) is 3.52. The van der Waals surface area contributed by atoms with Crippen LogP contribution in [0.2, 0.25) is 0 Å². The number of rotatable bonds is 8. The molecule has 7 heteroatoms. The zero-order chi connectivity index (χ0) is 25.2. The second kappa shape index (κ2) is 9.77. The van der Waals surface area contributed by atoms with Gasteiger partial charge in [-0.1, -0.05) is 48.5 Å². The third-order valence-corrected chi connectivity index (χ3v) is 6.69. The van der Waals surface area contributed by atoms with Gasteiger partial charge in [0.25, 0.3) is 5.91 Å². The molecule has 1 atom stereocenters. The summed E-state index contributed by atoms with van der Waals surface area (Å²) >= 11 is 0.